The van der Waals surface area contributed by atoms with E-state index in [0.29, 0.717) is 25.7 Å². The van der Waals surface area contributed by atoms with Gasteiger partial charge in [-0.15, -0.1) is 0 Å². The molecule has 0 N–H and O–H groups in total. The van der Waals surface area contributed by atoms with Gasteiger partial charge in [0, 0.05) is 21.7 Å². The van der Waals surface area contributed by atoms with Gasteiger partial charge in [0.05, 0.1) is 0 Å². The number of rotatable bonds is 6. The first kappa shape index (κ1) is 17.7. The van der Waals surface area contributed by atoms with Crippen molar-refractivity contribution in [1.29, 1.82) is 0 Å². The van der Waals surface area contributed by atoms with Crippen LogP contribution in [0.5, 0.6) is 0 Å². The molecule has 0 saturated carbocycles. The van der Waals surface area contributed by atoms with Gasteiger partial charge in [0.15, 0.2) is 0 Å². The van der Waals surface area contributed by atoms with Crippen molar-refractivity contribution < 1.29 is 45.8 Å². The van der Waals surface area contributed by atoms with Crippen LogP contribution in [0.25, 0.3) is 0 Å². The number of carbonyl (C=O) groups is 2. The molecule has 2 nitrogen and oxygen atoms in total. The normalized spacial score (nSPS) is 10.6. The van der Waals surface area contributed by atoms with E-state index in [1.165, 1.54) is 0 Å². The summed E-state index contributed by atoms with van der Waals surface area (Å²) in [5.41, 5.74) is 0. The average molecular weight is 309 g/mol. The van der Waals surface area contributed by atoms with E-state index >= 15 is 0 Å². The molecular formula is C8H14Cl2O2Ti2. The predicted molar refractivity (Wildman–Crippen MR) is 51.5 cm³/mol. The zero-order valence-electron chi connectivity index (χ0n) is 8.40. The maximum absolute atomic E-state index is 11.4. The summed E-state index contributed by atoms with van der Waals surface area (Å²) in [5, 5.41) is 0. The first-order valence-electron chi connectivity index (χ1n) is 4.41. The van der Waals surface area contributed by atoms with Gasteiger partial charge in [-0.2, -0.15) is 0 Å². The van der Waals surface area contributed by atoms with Gasteiger partial charge >= 0.3 is 90.4 Å². The summed E-state index contributed by atoms with van der Waals surface area (Å²) in [5.74, 6) is 0. The second kappa shape index (κ2) is 8.49. The van der Waals surface area contributed by atoms with E-state index in [4.69, 9.17) is 18.6 Å². The maximum atomic E-state index is 11.4. The second-order valence-corrected chi connectivity index (χ2v) is 11.9. The Morgan fingerprint density at radius 2 is 1.29 bits per heavy atom. The molecule has 0 spiro atoms. The maximum Gasteiger partial charge on any atom is 0 e. The standard InChI is InChI=1S/2C4H7O.2ClH.2Ti/c2*1-2-3-4-5;;;;/h2*2-3H2,1H3;2*1H;;/q;;;;;+2/p-2. The van der Waals surface area contributed by atoms with Crippen LogP contribution in [0, 0.1) is 0 Å². The van der Waals surface area contributed by atoms with Gasteiger partial charge in [-0.3, -0.25) is 0 Å². The van der Waals surface area contributed by atoms with Crippen molar-refractivity contribution in [1.82, 2.24) is 0 Å². The van der Waals surface area contributed by atoms with Gasteiger partial charge in [0.2, 0.25) is 0 Å². The molecule has 6 heteroatoms. The van der Waals surface area contributed by atoms with Crippen LogP contribution in [-0.2, 0) is 45.8 Å². The van der Waals surface area contributed by atoms with E-state index in [0.717, 1.165) is 0 Å². The summed E-state index contributed by atoms with van der Waals surface area (Å²) in [6.45, 7) is 3.74. The van der Waals surface area contributed by atoms with Gasteiger partial charge < -0.3 is 0 Å². The van der Waals surface area contributed by atoms with Crippen LogP contribution in [0.15, 0.2) is 0 Å². The predicted octanol–water partition coefficient (Wildman–Crippen LogP) is 3.10. The summed E-state index contributed by atoms with van der Waals surface area (Å²) in [6.07, 6.45) is 2.07. The van der Waals surface area contributed by atoms with E-state index < -0.39 is 14.5 Å². The number of carbonyl (C=O) groups excluding carboxylic acids is 2. The molecule has 80 valence electrons. The Kier molecular flexibility index (Phi) is 10.8. The molecule has 0 saturated heterocycles. The second-order valence-electron chi connectivity index (χ2n) is 2.92. The third-order valence-electron chi connectivity index (χ3n) is 1.65. The smallest absolute Gasteiger partial charge is 0 e. The third kappa shape index (κ3) is 5.44. The molecule has 0 bridgehead atoms. The number of halogens is 2. The molecule has 0 aromatic rings. The Morgan fingerprint density at radius 3 is 1.50 bits per heavy atom. The van der Waals surface area contributed by atoms with Crippen molar-refractivity contribution in [2.24, 2.45) is 0 Å². The quantitative estimate of drug-likeness (QED) is 0.707. The van der Waals surface area contributed by atoms with Crippen molar-refractivity contribution in [3.8, 4) is 0 Å². The summed E-state index contributed by atoms with van der Waals surface area (Å²) in [6, 6.07) is 0. The molecule has 0 aromatic heterocycles. The fraction of sp³-hybridized carbons (Fsp3) is 0.750. The molecule has 0 rings (SSSR count). The fourth-order valence-corrected chi connectivity index (χ4v) is 4.73. The zero-order valence-corrected chi connectivity index (χ0v) is 13.0. The van der Waals surface area contributed by atoms with Crippen molar-refractivity contribution in [3.63, 3.8) is 0 Å². The van der Waals surface area contributed by atoms with Crippen LogP contribution in [0.4, 0.5) is 0 Å². The molecule has 0 aromatic carbocycles. The molecule has 0 atom stereocenters. The van der Waals surface area contributed by atoms with Crippen LogP contribution in [-0.4, -0.2) is 8.18 Å². The Bertz CT molecular complexity index is 188. The first-order chi connectivity index (χ1) is 5.96. The molecule has 0 amide bonds. The molecule has 14 heavy (non-hydrogen) atoms. The molecule has 0 aliphatic heterocycles. The Hall–Kier alpha value is 1.35. The minimum atomic E-state index is -3.80. The Labute approximate surface area is 111 Å². The molecule has 0 radical (unpaired) electrons. The molecule has 0 heterocycles. The molecule has 0 aliphatic carbocycles. The molecular weight excluding hydrogens is 295 g/mol. The van der Waals surface area contributed by atoms with Crippen molar-refractivity contribution in [3.05, 3.63) is 0 Å². The van der Waals surface area contributed by atoms with Gasteiger partial charge in [-0.05, 0) is 0 Å². The SMILES string of the molecule is CCC[C](=O)[Ti]([Cl])([Cl])[C](=O)CCC.[Ti]. The summed E-state index contributed by atoms with van der Waals surface area (Å²) in [4.78, 5) is 22.8. The Morgan fingerprint density at radius 1 is 1.00 bits per heavy atom. The molecule has 0 aliphatic rings. The monoisotopic (exact) mass is 308 g/mol. The minimum Gasteiger partial charge on any atom is 0 e. The average Bonchev–Trinajstić information content (AvgIpc) is 2.05. The van der Waals surface area contributed by atoms with E-state index in [9.17, 15) is 9.59 Å². The number of hydrogen-bond donors (Lipinski definition) is 0. The van der Waals surface area contributed by atoms with Crippen LogP contribution in [0.1, 0.15) is 39.5 Å². The Balaban J connectivity index is 0. The summed E-state index contributed by atoms with van der Waals surface area (Å²) < 4.78 is -0.409. The van der Waals surface area contributed by atoms with Crippen molar-refractivity contribution in [2.75, 3.05) is 0 Å². The van der Waals surface area contributed by atoms with E-state index in [-0.39, 0.29) is 29.9 Å². The first-order valence-corrected chi connectivity index (χ1v) is 10.3. The van der Waals surface area contributed by atoms with Gasteiger partial charge in [-0.1, -0.05) is 0 Å². The third-order valence-corrected chi connectivity index (χ3v) is 8.10. The van der Waals surface area contributed by atoms with Crippen LogP contribution >= 0.6 is 18.6 Å². The zero-order chi connectivity index (χ0) is 10.5. The van der Waals surface area contributed by atoms with Gasteiger partial charge in [-0.25, -0.2) is 0 Å². The molecule has 0 fully saturated rings. The van der Waals surface area contributed by atoms with Crippen LogP contribution < -0.4 is 0 Å². The number of hydrogen-bond acceptors (Lipinski definition) is 2. The van der Waals surface area contributed by atoms with Gasteiger partial charge in [0.25, 0.3) is 0 Å². The fourth-order valence-electron chi connectivity index (χ4n) is 0.924. The van der Waals surface area contributed by atoms with E-state index in [2.05, 4.69) is 0 Å². The van der Waals surface area contributed by atoms with Crippen molar-refractivity contribution >= 4 is 26.8 Å². The largest absolute Gasteiger partial charge is 0 e. The van der Waals surface area contributed by atoms with Crippen LogP contribution in [0.2, 0.25) is 0 Å². The van der Waals surface area contributed by atoms with Crippen LogP contribution in [0.3, 0.4) is 0 Å². The topological polar surface area (TPSA) is 34.1 Å². The van der Waals surface area contributed by atoms with Gasteiger partial charge in [0.1, 0.15) is 0 Å². The summed E-state index contributed by atoms with van der Waals surface area (Å²) >= 11 is -3.80. The van der Waals surface area contributed by atoms with E-state index in [1.807, 2.05) is 13.8 Å². The van der Waals surface area contributed by atoms with Crippen molar-refractivity contribution in [2.45, 2.75) is 39.5 Å². The minimum absolute atomic E-state index is 0. The van der Waals surface area contributed by atoms with E-state index in [1.54, 1.807) is 0 Å². The molecule has 0 unspecified atom stereocenters. The summed E-state index contributed by atoms with van der Waals surface area (Å²) in [7, 11) is 11.7.